The van der Waals surface area contributed by atoms with Gasteiger partial charge in [-0.15, -0.1) is 6.58 Å². The molecule has 0 aliphatic heterocycles. The number of ether oxygens (including phenoxy) is 1. The summed E-state index contributed by atoms with van der Waals surface area (Å²) in [5, 5.41) is 4.06. The number of nitrogens with zero attached hydrogens (tertiary/aromatic N) is 1. The molecule has 1 amide bonds. The van der Waals surface area contributed by atoms with Crippen LogP contribution in [0.4, 0.5) is 0 Å². The van der Waals surface area contributed by atoms with E-state index in [1.165, 1.54) is 0 Å². The number of rotatable bonds is 5. The first kappa shape index (κ1) is 14.4. The van der Waals surface area contributed by atoms with Crippen LogP contribution >= 0.6 is 0 Å². The van der Waals surface area contributed by atoms with Gasteiger partial charge in [0.25, 0.3) is 11.5 Å². The molecule has 0 atom stereocenters. The van der Waals surface area contributed by atoms with E-state index in [1.807, 2.05) is 0 Å². The maximum absolute atomic E-state index is 12.7. The quantitative estimate of drug-likeness (QED) is 0.861. The molecule has 22 heavy (non-hydrogen) atoms. The topological polar surface area (TPSA) is 60.3 Å². The van der Waals surface area contributed by atoms with Gasteiger partial charge < -0.3 is 14.6 Å². The summed E-state index contributed by atoms with van der Waals surface area (Å²) in [6, 6.07) is 7.18. The number of aromatic nitrogens is 1. The van der Waals surface area contributed by atoms with Crippen molar-refractivity contribution in [1.82, 2.24) is 9.88 Å². The molecular formula is C17H18N2O3. The smallest absolute Gasteiger partial charge is 0.268 e. The second kappa shape index (κ2) is 5.67. The summed E-state index contributed by atoms with van der Waals surface area (Å²) in [5.74, 6) is 0.405. The molecule has 0 bridgehead atoms. The van der Waals surface area contributed by atoms with Crippen LogP contribution in [0.1, 0.15) is 29.4 Å². The zero-order valence-electron chi connectivity index (χ0n) is 12.5. The van der Waals surface area contributed by atoms with Crippen LogP contribution in [0, 0.1) is 0 Å². The van der Waals surface area contributed by atoms with Crippen LogP contribution in [0.3, 0.4) is 0 Å². The first-order valence-corrected chi connectivity index (χ1v) is 7.28. The van der Waals surface area contributed by atoms with Crippen molar-refractivity contribution < 1.29 is 9.53 Å². The minimum atomic E-state index is -0.256. The number of pyridine rings is 1. The Morgan fingerprint density at radius 3 is 2.86 bits per heavy atom. The molecule has 3 rings (SSSR count). The van der Waals surface area contributed by atoms with Gasteiger partial charge in [0.15, 0.2) is 0 Å². The summed E-state index contributed by atoms with van der Waals surface area (Å²) in [4.78, 5) is 25.1. The van der Waals surface area contributed by atoms with Gasteiger partial charge in [0, 0.05) is 18.0 Å². The lowest BCUT2D eigenvalue weighted by Crippen LogP contribution is -2.32. The van der Waals surface area contributed by atoms with E-state index in [0.717, 1.165) is 12.8 Å². The number of carbonyl (C=O) groups is 1. The minimum absolute atomic E-state index is 0.119. The number of carbonyl (C=O) groups excluding carboxylic acids is 1. The maximum Gasteiger partial charge on any atom is 0.268 e. The second-order valence-electron chi connectivity index (χ2n) is 5.39. The third kappa shape index (κ3) is 2.50. The average molecular weight is 298 g/mol. The number of hydrogen-bond donors (Lipinski definition) is 1. The van der Waals surface area contributed by atoms with Gasteiger partial charge in [0.05, 0.1) is 7.11 Å². The highest BCUT2D eigenvalue weighted by atomic mass is 16.5. The van der Waals surface area contributed by atoms with Crippen LogP contribution in [0.15, 0.2) is 41.7 Å². The Hall–Kier alpha value is -2.56. The summed E-state index contributed by atoms with van der Waals surface area (Å²) >= 11 is 0. The third-order valence-corrected chi connectivity index (χ3v) is 3.81. The normalized spacial score (nSPS) is 13.9. The van der Waals surface area contributed by atoms with Crippen molar-refractivity contribution in [3.8, 4) is 5.75 Å². The average Bonchev–Trinajstić information content (AvgIpc) is 3.36. The van der Waals surface area contributed by atoms with Gasteiger partial charge >= 0.3 is 0 Å². The SMILES string of the molecule is C=CCNC(=O)c1cc2cc(OC)ccc2c(=O)n1C1CC1. The van der Waals surface area contributed by atoms with E-state index in [4.69, 9.17) is 4.74 Å². The van der Waals surface area contributed by atoms with E-state index in [-0.39, 0.29) is 17.5 Å². The molecule has 1 fully saturated rings. The maximum atomic E-state index is 12.7. The Labute approximate surface area is 128 Å². The third-order valence-electron chi connectivity index (χ3n) is 3.81. The lowest BCUT2D eigenvalue weighted by atomic mass is 10.1. The van der Waals surface area contributed by atoms with E-state index in [2.05, 4.69) is 11.9 Å². The highest BCUT2D eigenvalue weighted by Gasteiger charge is 2.29. The Kier molecular flexibility index (Phi) is 3.71. The molecule has 1 saturated carbocycles. The van der Waals surface area contributed by atoms with Crippen molar-refractivity contribution in [3.63, 3.8) is 0 Å². The lowest BCUT2D eigenvalue weighted by molar-refractivity contribution is 0.0947. The van der Waals surface area contributed by atoms with E-state index >= 15 is 0 Å². The first-order chi connectivity index (χ1) is 10.7. The summed E-state index contributed by atoms with van der Waals surface area (Å²) in [6.45, 7) is 3.96. The van der Waals surface area contributed by atoms with Crippen molar-refractivity contribution in [2.75, 3.05) is 13.7 Å². The number of benzene rings is 1. The fourth-order valence-corrected chi connectivity index (χ4v) is 2.56. The van der Waals surface area contributed by atoms with Gasteiger partial charge in [-0.25, -0.2) is 0 Å². The van der Waals surface area contributed by atoms with Crippen LogP contribution in [-0.4, -0.2) is 24.1 Å². The standard InChI is InChI=1S/C17H18N2O3/c1-3-8-18-16(20)15-10-11-9-13(22-2)6-7-14(11)17(21)19(15)12-4-5-12/h3,6-7,9-10,12H,1,4-5,8H2,2H3,(H,18,20). The monoisotopic (exact) mass is 298 g/mol. The number of fused-ring (bicyclic) bond motifs is 1. The first-order valence-electron chi connectivity index (χ1n) is 7.28. The Bertz CT molecular complexity index is 803. The van der Waals surface area contributed by atoms with Crippen LogP contribution < -0.4 is 15.6 Å². The van der Waals surface area contributed by atoms with Gasteiger partial charge in [0.1, 0.15) is 11.4 Å². The molecule has 1 aromatic carbocycles. The Balaban J connectivity index is 2.19. The van der Waals surface area contributed by atoms with Crippen LogP contribution in [0.25, 0.3) is 10.8 Å². The van der Waals surface area contributed by atoms with Gasteiger partial charge in [-0.2, -0.15) is 0 Å². The van der Waals surface area contributed by atoms with Crippen molar-refractivity contribution >= 4 is 16.7 Å². The fraction of sp³-hybridized carbons (Fsp3) is 0.294. The molecule has 114 valence electrons. The van der Waals surface area contributed by atoms with E-state index < -0.39 is 0 Å². The summed E-state index contributed by atoms with van der Waals surface area (Å²) in [7, 11) is 1.57. The van der Waals surface area contributed by atoms with Crippen LogP contribution in [0.2, 0.25) is 0 Å². The molecule has 1 aliphatic carbocycles. The molecular weight excluding hydrogens is 280 g/mol. The fourth-order valence-electron chi connectivity index (χ4n) is 2.56. The van der Waals surface area contributed by atoms with E-state index in [9.17, 15) is 9.59 Å². The molecule has 1 aliphatic rings. The lowest BCUT2D eigenvalue weighted by Gasteiger charge is -2.14. The zero-order valence-corrected chi connectivity index (χ0v) is 12.5. The summed E-state index contributed by atoms with van der Waals surface area (Å²) in [6.07, 6.45) is 3.48. The zero-order chi connectivity index (χ0) is 15.7. The van der Waals surface area contributed by atoms with Crippen molar-refractivity contribution in [1.29, 1.82) is 0 Å². The molecule has 0 unspecified atom stereocenters. The molecule has 1 heterocycles. The van der Waals surface area contributed by atoms with Crippen LogP contribution in [-0.2, 0) is 0 Å². The van der Waals surface area contributed by atoms with E-state index in [0.29, 0.717) is 28.8 Å². The second-order valence-corrected chi connectivity index (χ2v) is 5.39. The highest BCUT2D eigenvalue weighted by Crippen LogP contribution is 2.35. The van der Waals surface area contributed by atoms with E-state index in [1.54, 1.807) is 42.0 Å². The highest BCUT2D eigenvalue weighted by molar-refractivity contribution is 5.97. The molecule has 5 nitrogen and oxygen atoms in total. The van der Waals surface area contributed by atoms with Gasteiger partial charge in [0.2, 0.25) is 0 Å². The van der Waals surface area contributed by atoms with Gasteiger partial charge in [-0.1, -0.05) is 6.08 Å². The summed E-state index contributed by atoms with van der Waals surface area (Å²) in [5.41, 5.74) is 0.279. The largest absolute Gasteiger partial charge is 0.497 e. The molecule has 1 N–H and O–H groups in total. The number of nitrogens with one attached hydrogen (secondary N) is 1. The van der Waals surface area contributed by atoms with Crippen molar-refractivity contribution in [3.05, 3.63) is 53.0 Å². The molecule has 2 aromatic rings. The molecule has 5 heteroatoms. The number of hydrogen-bond acceptors (Lipinski definition) is 3. The predicted molar refractivity (Wildman–Crippen MR) is 85.6 cm³/mol. The Morgan fingerprint density at radius 2 is 2.23 bits per heavy atom. The molecule has 1 aromatic heterocycles. The molecule has 0 saturated heterocycles. The van der Waals surface area contributed by atoms with Crippen LogP contribution in [0.5, 0.6) is 5.75 Å². The Morgan fingerprint density at radius 1 is 1.45 bits per heavy atom. The van der Waals surface area contributed by atoms with Gasteiger partial charge in [-0.05, 0) is 42.5 Å². The molecule has 0 spiro atoms. The predicted octanol–water partition coefficient (Wildman–Crippen LogP) is 2.26. The summed E-state index contributed by atoms with van der Waals surface area (Å²) < 4.78 is 6.81. The number of methoxy groups -OCH3 is 1. The molecule has 0 radical (unpaired) electrons. The minimum Gasteiger partial charge on any atom is -0.497 e. The number of amides is 1. The van der Waals surface area contributed by atoms with Crippen molar-refractivity contribution in [2.24, 2.45) is 0 Å². The van der Waals surface area contributed by atoms with Crippen molar-refractivity contribution in [2.45, 2.75) is 18.9 Å². The van der Waals surface area contributed by atoms with Gasteiger partial charge in [-0.3, -0.25) is 9.59 Å².